The molecule has 0 aliphatic rings. The number of aromatic nitrogens is 3. The standard InChI is InChI=1S/C23H18F3N3O3/c1-4-8-17(5-2)27-20(30)28(18-11-6-9-15(3)13-18)22(32)29(21(27)31)19-12-7-10-16(14-19)23(24,25)26/h4-14H,1-2H2,3H3/b17-8+. The van der Waals surface area contributed by atoms with Gasteiger partial charge in [-0.15, -0.1) is 0 Å². The predicted octanol–water partition coefficient (Wildman–Crippen LogP) is 3.69. The van der Waals surface area contributed by atoms with Crippen LogP contribution in [-0.2, 0) is 6.18 Å². The third-order valence-corrected chi connectivity index (χ3v) is 4.60. The second kappa shape index (κ2) is 8.54. The summed E-state index contributed by atoms with van der Waals surface area (Å²) < 4.78 is 41.6. The highest BCUT2D eigenvalue weighted by Crippen LogP contribution is 2.29. The van der Waals surface area contributed by atoms with Gasteiger partial charge in [0.05, 0.1) is 22.6 Å². The summed E-state index contributed by atoms with van der Waals surface area (Å²) in [6.07, 6.45) is -0.873. The third-order valence-electron chi connectivity index (χ3n) is 4.60. The Balaban J connectivity index is 2.53. The Morgan fingerprint density at radius 1 is 0.875 bits per heavy atom. The maximum atomic E-state index is 13.3. The molecule has 0 atom stereocenters. The van der Waals surface area contributed by atoms with Gasteiger partial charge in [-0.2, -0.15) is 13.2 Å². The molecule has 0 aliphatic heterocycles. The Kier molecular flexibility index (Phi) is 6.02. The summed E-state index contributed by atoms with van der Waals surface area (Å²) in [5.41, 5.74) is -3.77. The van der Waals surface area contributed by atoms with Gasteiger partial charge >= 0.3 is 23.2 Å². The maximum Gasteiger partial charge on any atom is 0.416 e. The van der Waals surface area contributed by atoms with Gasteiger partial charge in [-0.3, -0.25) is 0 Å². The van der Waals surface area contributed by atoms with Crippen LogP contribution in [0.25, 0.3) is 17.1 Å². The zero-order valence-corrected chi connectivity index (χ0v) is 17.0. The highest BCUT2D eigenvalue weighted by atomic mass is 19.4. The maximum absolute atomic E-state index is 13.3. The Labute approximate surface area is 180 Å². The third kappa shape index (κ3) is 4.04. The van der Waals surface area contributed by atoms with Gasteiger partial charge in [0.15, 0.2) is 0 Å². The Bertz CT molecular complexity index is 1420. The second-order valence-electron chi connectivity index (χ2n) is 6.77. The molecule has 9 heteroatoms. The van der Waals surface area contributed by atoms with Crippen LogP contribution in [-0.4, -0.2) is 13.7 Å². The summed E-state index contributed by atoms with van der Waals surface area (Å²) in [7, 11) is 0. The van der Waals surface area contributed by atoms with E-state index in [0.29, 0.717) is 15.2 Å². The molecule has 32 heavy (non-hydrogen) atoms. The van der Waals surface area contributed by atoms with Gasteiger partial charge in [-0.05, 0) is 55.0 Å². The molecular formula is C23H18F3N3O3. The van der Waals surface area contributed by atoms with E-state index in [4.69, 9.17) is 0 Å². The molecule has 0 bridgehead atoms. The largest absolute Gasteiger partial charge is 0.416 e. The molecule has 0 radical (unpaired) electrons. The molecular weight excluding hydrogens is 423 g/mol. The van der Waals surface area contributed by atoms with Crippen LogP contribution in [0.4, 0.5) is 13.2 Å². The van der Waals surface area contributed by atoms with E-state index in [9.17, 15) is 27.6 Å². The van der Waals surface area contributed by atoms with E-state index in [1.165, 1.54) is 30.4 Å². The van der Waals surface area contributed by atoms with Crippen LogP contribution in [0.2, 0.25) is 0 Å². The number of halogens is 3. The first-order valence-corrected chi connectivity index (χ1v) is 9.31. The lowest BCUT2D eigenvalue weighted by molar-refractivity contribution is -0.137. The van der Waals surface area contributed by atoms with Crippen molar-refractivity contribution in [3.63, 3.8) is 0 Å². The molecule has 0 N–H and O–H groups in total. The van der Waals surface area contributed by atoms with E-state index in [-0.39, 0.29) is 17.1 Å². The first kappa shape index (κ1) is 22.5. The average Bonchev–Trinajstić information content (AvgIpc) is 2.72. The van der Waals surface area contributed by atoms with Gasteiger partial charge in [-0.1, -0.05) is 37.4 Å². The number of allylic oxidation sites excluding steroid dienone is 4. The Morgan fingerprint density at radius 3 is 1.94 bits per heavy atom. The van der Waals surface area contributed by atoms with Crippen LogP contribution in [0.1, 0.15) is 11.1 Å². The van der Waals surface area contributed by atoms with Gasteiger partial charge in [0.2, 0.25) is 0 Å². The van der Waals surface area contributed by atoms with Gasteiger partial charge in [0.1, 0.15) is 0 Å². The van der Waals surface area contributed by atoms with Crippen LogP contribution >= 0.6 is 0 Å². The lowest BCUT2D eigenvalue weighted by Crippen LogP contribution is -2.53. The molecule has 1 aromatic heterocycles. The smallest absolute Gasteiger partial charge is 0.246 e. The molecule has 164 valence electrons. The van der Waals surface area contributed by atoms with Crippen LogP contribution in [0, 0.1) is 6.92 Å². The highest BCUT2D eigenvalue weighted by Gasteiger charge is 2.31. The van der Waals surface area contributed by atoms with E-state index in [0.717, 1.165) is 22.3 Å². The van der Waals surface area contributed by atoms with Gasteiger partial charge < -0.3 is 0 Å². The number of rotatable bonds is 5. The van der Waals surface area contributed by atoms with Crippen molar-refractivity contribution in [2.75, 3.05) is 0 Å². The van der Waals surface area contributed by atoms with Crippen molar-refractivity contribution in [2.45, 2.75) is 13.1 Å². The van der Waals surface area contributed by atoms with Crippen LogP contribution < -0.4 is 17.1 Å². The second-order valence-corrected chi connectivity index (χ2v) is 6.77. The summed E-state index contributed by atoms with van der Waals surface area (Å²) in [5, 5.41) is 0. The number of hydrogen-bond acceptors (Lipinski definition) is 3. The summed E-state index contributed by atoms with van der Waals surface area (Å²) in [6, 6.07) is 10.1. The van der Waals surface area contributed by atoms with Crippen LogP contribution in [0.3, 0.4) is 0 Å². The Hall–Kier alpha value is -4.14. The molecule has 3 rings (SSSR count). The summed E-state index contributed by atoms with van der Waals surface area (Å²) >= 11 is 0. The van der Waals surface area contributed by atoms with Crippen molar-refractivity contribution in [3.8, 4) is 11.4 Å². The van der Waals surface area contributed by atoms with Crippen LogP contribution in [0.5, 0.6) is 0 Å². The molecule has 1 heterocycles. The molecule has 6 nitrogen and oxygen atoms in total. The van der Waals surface area contributed by atoms with Gasteiger partial charge in [-0.25, -0.2) is 28.1 Å². The molecule has 0 saturated carbocycles. The number of hydrogen-bond donors (Lipinski definition) is 0. The molecule has 3 aromatic rings. The molecule has 0 saturated heterocycles. The van der Waals surface area contributed by atoms with Gasteiger partial charge in [0, 0.05) is 0 Å². The first-order chi connectivity index (χ1) is 15.1. The molecule has 2 aromatic carbocycles. The first-order valence-electron chi connectivity index (χ1n) is 9.31. The lowest BCUT2D eigenvalue weighted by atomic mass is 10.2. The fourth-order valence-electron chi connectivity index (χ4n) is 3.15. The average molecular weight is 441 g/mol. The number of aryl methyl sites for hydroxylation is 1. The Morgan fingerprint density at radius 2 is 1.44 bits per heavy atom. The fourth-order valence-corrected chi connectivity index (χ4v) is 3.15. The summed E-state index contributed by atoms with van der Waals surface area (Å²) in [5.74, 6) is 0. The molecule has 0 amide bonds. The number of benzene rings is 2. The molecule has 0 fully saturated rings. The highest BCUT2D eigenvalue weighted by molar-refractivity contribution is 5.58. The van der Waals surface area contributed by atoms with Crippen molar-refractivity contribution in [2.24, 2.45) is 0 Å². The normalized spacial score (nSPS) is 11.9. The lowest BCUT2D eigenvalue weighted by Gasteiger charge is -2.16. The minimum Gasteiger partial charge on any atom is -0.246 e. The number of alkyl halides is 3. The fraction of sp³-hybridized carbons (Fsp3) is 0.0870. The van der Waals surface area contributed by atoms with Crippen molar-refractivity contribution >= 4 is 5.70 Å². The van der Waals surface area contributed by atoms with E-state index >= 15 is 0 Å². The van der Waals surface area contributed by atoms with Crippen molar-refractivity contribution in [1.82, 2.24) is 13.7 Å². The number of nitrogens with zero attached hydrogens (tertiary/aromatic N) is 3. The minimum atomic E-state index is -4.70. The predicted molar refractivity (Wildman–Crippen MR) is 116 cm³/mol. The van der Waals surface area contributed by atoms with E-state index in [1.54, 1.807) is 25.1 Å². The van der Waals surface area contributed by atoms with Crippen molar-refractivity contribution in [1.29, 1.82) is 0 Å². The minimum absolute atomic E-state index is 0.00266. The molecule has 0 aliphatic carbocycles. The van der Waals surface area contributed by atoms with E-state index in [1.807, 2.05) is 0 Å². The topological polar surface area (TPSA) is 66.0 Å². The van der Waals surface area contributed by atoms with E-state index in [2.05, 4.69) is 13.2 Å². The quantitative estimate of drug-likeness (QED) is 0.568. The van der Waals surface area contributed by atoms with E-state index < -0.39 is 28.8 Å². The van der Waals surface area contributed by atoms with Gasteiger partial charge in [0.25, 0.3) is 0 Å². The van der Waals surface area contributed by atoms with Crippen molar-refractivity contribution in [3.05, 3.63) is 122 Å². The SMILES string of the molecule is C=C/C=C(\C=C)n1c(=O)n(-c2cccc(C)c2)c(=O)n(-c2cccc(C(F)(F)F)c2)c1=O. The summed E-state index contributed by atoms with van der Waals surface area (Å²) in [6.45, 7) is 8.83. The molecule has 0 spiro atoms. The van der Waals surface area contributed by atoms with Crippen LogP contribution in [0.15, 0.2) is 94.3 Å². The monoisotopic (exact) mass is 441 g/mol. The zero-order chi connectivity index (χ0) is 23.6. The summed E-state index contributed by atoms with van der Waals surface area (Å²) in [4.78, 5) is 39.7. The molecule has 0 unspecified atom stereocenters. The van der Waals surface area contributed by atoms with Crippen molar-refractivity contribution < 1.29 is 13.2 Å². The zero-order valence-electron chi connectivity index (χ0n) is 17.0.